The molecule has 0 radical (unpaired) electrons. The van der Waals surface area contributed by atoms with Gasteiger partial charge in [-0.25, -0.2) is 0 Å². The van der Waals surface area contributed by atoms with E-state index in [1.165, 1.54) is 24.0 Å². The molecule has 1 aromatic rings. The number of ether oxygens (including phenoxy) is 1. The standard InChI is InChI=1S/C16H26N2O2/c1-3-4-5-14-6-8-15(9-7-14)13(2)18-10-11-20-12-16(17)19/h6-9,13,18H,3-5,10-12H2,1-2H3,(H2,17,19). The van der Waals surface area contributed by atoms with Crippen LogP contribution in [0.25, 0.3) is 0 Å². The van der Waals surface area contributed by atoms with Crippen molar-refractivity contribution in [1.82, 2.24) is 5.32 Å². The van der Waals surface area contributed by atoms with Crippen molar-refractivity contribution < 1.29 is 9.53 Å². The number of aryl methyl sites for hydroxylation is 1. The summed E-state index contributed by atoms with van der Waals surface area (Å²) in [4.78, 5) is 10.5. The molecule has 0 aromatic heterocycles. The molecule has 1 aromatic carbocycles. The van der Waals surface area contributed by atoms with Crippen LogP contribution in [0.2, 0.25) is 0 Å². The van der Waals surface area contributed by atoms with Gasteiger partial charge < -0.3 is 15.8 Å². The molecule has 0 aliphatic rings. The Bertz CT molecular complexity index is 390. The summed E-state index contributed by atoms with van der Waals surface area (Å²) >= 11 is 0. The first-order chi connectivity index (χ1) is 9.63. The van der Waals surface area contributed by atoms with Crippen LogP contribution in [-0.4, -0.2) is 25.7 Å². The Balaban J connectivity index is 2.28. The van der Waals surface area contributed by atoms with Crippen molar-refractivity contribution in [3.05, 3.63) is 35.4 Å². The lowest BCUT2D eigenvalue weighted by atomic mass is 10.0. The van der Waals surface area contributed by atoms with Gasteiger partial charge in [0.25, 0.3) is 0 Å². The van der Waals surface area contributed by atoms with Crippen molar-refractivity contribution in [1.29, 1.82) is 0 Å². The van der Waals surface area contributed by atoms with Crippen LogP contribution in [0.15, 0.2) is 24.3 Å². The van der Waals surface area contributed by atoms with Gasteiger partial charge >= 0.3 is 0 Å². The normalized spacial score (nSPS) is 12.3. The van der Waals surface area contributed by atoms with Gasteiger partial charge in [0.2, 0.25) is 5.91 Å². The zero-order chi connectivity index (χ0) is 14.8. The zero-order valence-electron chi connectivity index (χ0n) is 12.5. The minimum absolute atomic E-state index is 0.0117. The maximum atomic E-state index is 10.5. The average Bonchev–Trinajstić information content (AvgIpc) is 2.44. The Labute approximate surface area is 121 Å². The predicted molar refractivity (Wildman–Crippen MR) is 81.5 cm³/mol. The van der Waals surface area contributed by atoms with Crippen LogP contribution in [0.3, 0.4) is 0 Å². The quantitative estimate of drug-likeness (QED) is 0.645. The van der Waals surface area contributed by atoms with Crippen LogP contribution in [-0.2, 0) is 16.0 Å². The van der Waals surface area contributed by atoms with Gasteiger partial charge in [-0.1, -0.05) is 37.6 Å². The summed E-state index contributed by atoms with van der Waals surface area (Å²) in [6.07, 6.45) is 3.62. The van der Waals surface area contributed by atoms with E-state index in [2.05, 4.69) is 43.4 Å². The Kier molecular flexibility index (Phi) is 7.92. The van der Waals surface area contributed by atoms with E-state index < -0.39 is 5.91 Å². The molecule has 0 saturated heterocycles. The first kappa shape index (κ1) is 16.7. The predicted octanol–water partition coefficient (Wildman–Crippen LogP) is 2.18. The average molecular weight is 278 g/mol. The largest absolute Gasteiger partial charge is 0.370 e. The number of unbranched alkanes of at least 4 members (excludes halogenated alkanes) is 1. The number of carbonyl (C=O) groups excluding carboxylic acids is 1. The van der Waals surface area contributed by atoms with Crippen LogP contribution in [0.4, 0.5) is 0 Å². The third kappa shape index (κ3) is 6.68. The number of primary amides is 1. The highest BCUT2D eigenvalue weighted by Gasteiger charge is 2.04. The van der Waals surface area contributed by atoms with E-state index in [0.717, 1.165) is 6.42 Å². The van der Waals surface area contributed by atoms with Gasteiger partial charge in [0.05, 0.1) is 6.61 Å². The van der Waals surface area contributed by atoms with Gasteiger partial charge in [0.1, 0.15) is 6.61 Å². The maximum absolute atomic E-state index is 10.5. The molecule has 0 spiro atoms. The van der Waals surface area contributed by atoms with Crippen LogP contribution in [0.1, 0.15) is 43.9 Å². The molecular weight excluding hydrogens is 252 g/mol. The number of hydrogen-bond donors (Lipinski definition) is 2. The van der Waals surface area contributed by atoms with Gasteiger partial charge in [-0.2, -0.15) is 0 Å². The van der Waals surface area contributed by atoms with Crippen LogP contribution < -0.4 is 11.1 Å². The molecule has 4 heteroatoms. The molecule has 0 aliphatic carbocycles. The Morgan fingerprint density at radius 2 is 2.05 bits per heavy atom. The van der Waals surface area contributed by atoms with Crippen molar-refractivity contribution in [2.45, 2.75) is 39.2 Å². The SMILES string of the molecule is CCCCc1ccc(C(C)NCCOCC(N)=O)cc1. The molecule has 112 valence electrons. The Morgan fingerprint density at radius 1 is 1.35 bits per heavy atom. The molecule has 1 amide bonds. The minimum Gasteiger partial charge on any atom is -0.370 e. The molecule has 20 heavy (non-hydrogen) atoms. The summed E-state index contributed by atoms with van der Waals surface area (Å²) in [5, 5.41) is 3.36. The Hall–Kier alpha value is -1.39. The van der Waals surface area contributed by atoms with E-state index in [-0.39, 0.29) is 12.6 Å². The molecule has 1 atom stereocenters. The summed E-state index contributed by atoms with van der Waals surface area (Å²) in [5.74, 6) is -0.430. The number of nitrogens with one attached hydrogen (secondary N) is 1. The lowest BCUT2D eigenvalue weighted by Gasteiger charge is -2.14. The molecule has 3 N–H and O–H groups in total. The van der Waals surface area contributed by atoms with E-state index in [0.29, 0.717) is 13.2 Å². The number of nitrogens with two attached hydrogens (primary N) is 1. The summed E-state index contributed by atoms with van der Waals surface area (Å²) in [6, 6.07) is 9.02. The van der Waals surface area contributed by atoms with E-state index in [1.807, 2.05) is 0 Å². The number of rotatable bonds is 10. The highest BCUT2D eigenvalue weighted by molar-refractivity contribution is 5.74. The van der Waals surface area contributed by atoms with Gasteiger partial charge in [0, 0.05) is 12.6 Å². The lowest BCUT2D eigenvalue weighted by Crippen LogP contribution is -2.25. The Morgan fingerprint density at radius 3 is 2.65 bits per heavy atom. The smallest absolute Gasteiger partial charge is 0.243 e. The molecule has 0 saturated carbocycles. The maximum Gasteiger partial charge on any atom is 0.243 e. The van der Waals surface area contributed by atoms with Gasteiger partial charge in [-0.3, -0.25) is 4.79 Å². The second-order valence-electron chi connectivity index (χ2n) is 5.04. The third-order valence-corrected chi connectivity index (χ3v) is 3.24. The molecule has 0 aliphatic heterocycles. The monoisotopic (exact) mass is 278 g/mol. The molecule has 1 unspecified atom stereocenters. The van der Waals surface area contributed by atoms with Crippen molar-refractivity contribution in [3.63, 3.8) is 0 Å². The summed E-state index contributed by atoms with van der Waals surface area (Å²) < 4.78 is 5.11. The van der Waals surface area contributed by atoms with Crippen molar-refractivity contribution >= 4 is 5.91 Å². The second-order valence-corrected chi connectivity index (χ2v) is 5.04. The van der Waals surface area contributed by atoms with Crippen LogP contribution >= 0.6 is 0 Å². The minimum atomic E-state index is -0.430. The molecule has 0 heterocycles. The summed E-state index contributed by atoms with van der Waals surface area (Å²) in [5.41, 5.74) is 7.65. The van der Waals surface area contributed by atoms with Crippen molar-refractivity contribution in [2.24, 2.45) is 5.73 Å². The number of amides is 1. The van der Waals surface area contributed by atoms with Crippen molar-refractivity contribution in [2.75, 3.05) is 19.8 Å². The van der Waals surface area contributed by atoms with Crippen LogP contribution in [0.5, 0.6) is 0 Å². The highest BCUT2D eigenvalue weighted by Crippen LogP contribution is 2.14. The van der Waals surface area contributed by atoms with E-state index in [4.69, 9.17) is 10.5 Å². The van der Waals surface area contributed by atoms with Gasteiger partial charge in [0.15, 0.2) is 0 Å². The molecular formula is C16H26N2O2. The molecule has 1 rings (SSSR count). The number of hydrogen-bond acceptors (Lipinski definition) is 3. The highest BCUT2D eigenvalue weighted by atomic mass is 16.5. The number of benzene rings is 1. The molecule has 0 bridgehead atoms. The van der Waals surface area contributed by atoms with Crippen LogP contribution in [0, 0.1) is 0 Å². The summed E-state index contributed by atoms with van der Waals surface area (Å²) in [6.45, 7) is 5.51. The van der Waals surface area contributed by atoms with Gasteiger partial charge in [-0.15, -0.1) is 0 Å². The van der Waals surface area contributed by atoms with Gasteiger partial charge in [-0.05, 0) is 30.9 Å². The molecule has 4 nitrogen and oxygen atoms in total. The third-order valence-electron chi connectivity index (χ3n) is 3.24. The lowest BCUT2D eigenvalue weighted by molar-refractivity contribution is -0.122. The molecule has 0 fully saturated rings. The first-order valence-corrected chi connectivity index (χ1v) is 7.31. The fourth-order valence-electron chi connectivity index (χ4n) is 1.99. The second kappa shape index (κ2) is 9.50. The topological polar surface area (TPSA) is 64.3 Å². The van der Waals surface area contributed by atoms with Crippen molar-refractivity contribution in [3.8, 4) is 0 Å². The fraction of sp³-hybridized carbons (Fsp3) is 0.562. The first-order valence-electron chi connectivity index (χ1n) is 7.31. The van der Waals surface area contributed by atoms with E-state index in [9.17, 15) is 4.79 Å². The summed E-state index contributed by atoms with van der Waals surface area (Å²) in [7, 11) is 0. The fourth-order valence-corrected chi connectivity index (χ4v) is 1.99. The zero-order valence-corrected chi connectivity index (χ0v) is 12.5. The van der Waals surface area contributed by atoms with E-state index in [1.54, 1.807) is 0 Å². The van der Waals surface area contributed by atoms with E-state index >= 15 is 0 Å². The number of carbonyl (C=O) groups is 1.